The van der Waals surface area contributed by atoms with E-state index in [1.54, 1.807) is 24.3 Å². The Morgan fingerprint density at radius 1 is 1.09 bits per heavy atom. The first-order valence-corrected chi connectivity index (χ1v) is 9.52. The zero-order valence-corrected chi connectivity index (χ0v) is 13.4. The van der Waals surface area contributed by atoms with Crippen LogP contribution in [-0.4, -0.2) is 37.6 Å². The molecule has 0 atom stereocenters. The molecule has 1 aromatic carbocycles. The van der Waals surface area contributed by atoms with Gasteiger partial charge in [0.2, 0.25) is 10.0 Å². The SMILES string of the molecule is O=C(c1cccc(NS(=O)(=O)C2CCCC2)c1)N1CCCC1. The van der Waals surface area contributed by atoms with Gasteiger partial charge in [0.15, 0.2) is 0 Å². The molecular weight excluding hydrogens is 300 g/mol. The first kappa shape index (κ1) is 15.3. The Balaban J connectivity index is 1.74. The first-order valence-electron chi connectivity index (χ1n) is 7.97. The van der Waals surface area contributed by atoms with Gasteiger partial charge in [0, 0.05) is 24.3 Å². The lowest BCUT2D eigenvalue weighted by Gasteiger charge is -2.17. The molecule has 0 radical (unpaired) electrons. The van der Waals surface area contributed by atoms with Crippen LogP contribution >= 0.6 is 0 Å². The van der Waals surface area contributed by atoms with Gasteiger partial charge in [0.05, 0.1) is 5.25 Å². The Morgan fingerprint density at radius 3 is 2.45 bits per heavy atom. The van der Waals surface area contributed by atoms with Crippen molar-refractivity contribution in [3.8, 4) is 0 Å². The molecule has 5 nitrogen and oxygen atoms in total. The smallest absolute Gasteiger partial charge is 0.253 e. The fourth-order valence-electron chi connectivity index (χ4n) is 3.26. The molecule has 1 saturated carbocycles. The lowest BCUT2D eigenvalue weighted by atomic mass is 10.2. The van der Waals surface area contributed by atoms with Gasteiger partial charge in [-0.1, -0.05) is 18.9 Å². The molecule has 2 fully saturated rings. The van der Waals surface area contributed by atoms with Gasteiger partial charge in [-0.2, -0.15) is 0 Å². The van der Waals surface area contributed by atoms with Crippen molar-refractivity contribution in [3.63, 3.8) is 0 Å². The molecule has 2 aliphatic rings. The molecule has 1 saturated heterocycles. The predicted octanol–water partition coefficient (Wildman–Crippen LogP) is 2.61. The lowest BCUT2D eigenvalue weighted by molar-refractivity contribution is 0.0793. The van der Waals surface area contributed by atoms with Crippen LogP contribution in [0.2, 0.25) is 0 Å². The van der Waals surface area contributed by atoms with Gasteiger partial charge in [-0.25, -0.2) is 8.42 Å². The highest BCUT2D eigenvalue weighted by atomic mass is 32.2. The Bertz CT molecular complexity index is 645. The van der Waals surface area contributed by atoms with Gasteiger partial charge in [-0.3, -0.25) is 9.52 Å². The Kier molecular flexibility index (Phi) is 4.38. The van der Waals surface area contributed by atoms with Crippen molar-refractivity contribution in [3.05, 3.63) is 29.8 Å². The second kappa shape index (κ2) is 6.28. The molecule has 22 heavy (non-hydrogen) atoms. The van der Waals surface area contributed by atoms with Crippen molar-refractivity contribution in [2.45, 2.75) is 43.8 Å². The van der Waals surface area contributed by atoms with E-state index in [9.17, 15) is 13.2 Å². The maximum atomic E-state index is 12.4. The van der Waals surface area contributed by atoms with Crippen molar-refractivity contribution in [1.82, 2.24) is 4.90 Å². The summed E-state index contributed by atoms with van der Waals surface area (Å²) in [5.41, 5.74) is 1.03. The number of anilines is 1. The largest absolute Gasteiger partial charge is 0.339 e. The summed E-state index contributed by atoms with van der Waals surface area (Å²) in [6.07, 6.45) is 5.47. The van der Waals surface area contributed by atoms with Crippen molar-refractivity contribution in [2.75, 3.05) is 17.8 Å². The van der Waals surface area contributed by atoms with Crippen LogP contribution in [-0.2, 0) is 10.0 Å². The van der Waals surface area contributed by atoms with Crippen LogP contribution in [0.3, 0.4) is 0 Å². The molecule has 1 aliphatic carbocycles. The van der Waals surface area contributed by atoms with Crippen molar-refractivity contribution in [1.29, 1.82) is 0 Å². The molecule has 120 valence electrons. The lowest BCUT2D eigenvalue weighted by Crippen LogP contribution is -2.28. The number of hydrogen-bond donors (Lipinski definition) is 1. The number of rotatable bonds is 4. The fourth-order valence-corrected chi connectivity index (χ4v) is 4.84. The topological polar surface area (TPSA) is 66.5 Å². The third-order valence-corrected chi connectivity index (χ3v) is 6.37. The molecule has 0 bridgehead atoms. The molecule has 0 spiro atoms. The van der Waals surface area contributed by atoms with Gasteiger partial charge in [-0.05, 0) is 43.9 Å². The number of carbonyl (C=O) groups excluding carboxylic acids is 1. The van der Waals surface area contributed by atoms with E-state index in [1.165, 1.54) is 0 Å². The van der Waals surface area contributed by atoms with Crippen LogP contribution < -0.4 is 4.72 Å². The summed E-state index contributed by atoms with van der Waals surface area (Å²) in [4.78, 5) is 14.2. The van der Waals surface area contributed by atoms with E-state index in [0.717, 1.165) is 51.6 Å². The highest BCUT2D eigenvalue weighted by Gasteiger charge is 2.29. The summed E-state index contributed by atoms with van der Waals surface area (Å²) in [7, 11) is -3.35. The molecule has 0 unspecified atom stereocenters. The zero-order valence-electron chi connectivity index (χ0n) is 12.6. The van der Waals surface area contributed by atoms with E-state index in [2.05, 4.69) is 4.72 Å². The third kappa shape index (κ3) is 3.27. The number of amides is 1. The number of benzene rings is 1. The fraction of sp³-hybridized carbons (Fsp3) is 0.562. The molecule has 0 aromatic heterocycles. The molecule has 6 heteroatoms. The van der Waals surface area contributed by atoms with Crippen LogP contribution in [0, 0.1) is 0 Å². The Hall–Kier alpha value is -1.56. The molecule has 1 heterocycles. The minimum atomic E-state index is -3.35. The van der Waals surface area contributed by atoms with Crippen LogP contribution in [0.4, 0.5) is 5.69 Å². The highest BCUT2D eigenvalue weighted by molar-refractivity contribution is 7.93. The normalized spacial score (nSPS) is 19.5. The van der Waals surface area contributed by atoms with Crippen molar-refractivity contribution in [2.24, 2.45) is 0 Å². The summed E-state index contributed by atoms with van der Waals surface area (Å²) in [5.74, 6) is -0.0144. The maximum absolute atomic E-state index is 12.4. The first-order chi connectivity index (χ1) is 10.6. The van der Waals surface area contributed by atoms with E-state index in [4.69, 9.17) is 0 Å². The molecule has 1 amide bonds. The second-order valence-corrected chi connectivity index (χ2v) is 8.09. The minimum absolute atomic E-state index is 0.0144. The van der Waals surface area contributed by atoms with Crippen molar-refractivity contribution >= 4 is 21.6 Å². The van der Waals surface area contributed by atoms with E-state index in [1.807, 2.05) is 4.90 Å². The summed E-state index contributed by atoms with van der Waals surface area (Å²) in [6, 6.07) is 6.82. The Morgan fingerprint density at radius 2 is 1.77 bits per heavy atom. The van der Waals surface area contributed by atoms with Gasteiger partial charge in [0.25, 0.3) is 5.91 Å². The monoisotopic (exact) mass is 322 g/mol. The quantitative estimate of drug-likeness (QED) is 0.926. The van der Waals surface area contributed by atoms with Crippen LogP contribution in [0.25, 0.3) is 0 Å². The third-order valence-electron chi connectivity index (χ3n) is 4.50. The van der Waals surface area contributed by atoms with Gasteiger partial charge in [-0.15, -0.1) is 0 Å². The van der Waals surface area contributed by atoms with Crippen LogP contribution in [0.15, 0.2) is 24.3 Å². The van der Waals surface area contributed by atoms with E-state index in [0.29, 0.717) is 11.3 Å². The van der Waals surface area contributed by atoms with Crippen molar-refractivity contribution < 1.29 is 13.2 Å². The number of carbonyl (C=O) groups is 1. The standard InChI is InChI=1S/C16H22N2O3S/c19-16(18-10-3-4-11-18)13-6-5-7-14(12-13)17-22(20,21)15-8-1-2-9-15/h5-7,12,15,17H,1-4,8-11H2. The molecule has 3 rings (SSSR count). The van der Waals surface area contributed by atoms with Gasteiger partial charge in [0.1, 0.15) is 0 Å². The average molecular weight is 322 g/mol. The minimum Gasteiger partial charge on any atom is -0.339 e. The average Bonchev–Trinajstić information content (AvgIpc) is 3.19. The van der Waals surface area contributed by atoms with Crippen LogP contribution in [0.5, 0.6) is 0 Å². The molecular formula is C16H22N2O3S. The summed E-state index contributed by atoms with van der Waals surface area (Å²) >= 11 is 0. The van der Waals surface area contributed by atoms with Gasteiger partial charge >= 0.3 is 0 Å². The maximum Gasteiger partial charge on any atom is 0.253 e. The second-order valence-electron chi connectivity index (χ2n) is 6.13. The summed E-state index contributed by atoms with van der Waals surface area (Å²) in [5, 5.41) is -0.301. The highest BCUT2D eigenvalue weighted by Crippen LogP contribution is 2.26. The molecule has 1 aromatic rings. The number of sulfonamides is 1. The number of likely N-dealkylation sites (tertiary alicyclic amines) is 1. The zero-order chi connectivity index (χ0) is 15.6. The van der Waals surface area contributed by atoms with Crippen LogP contribution in [0.1, 0.15) is 48.9 Å². The summed E-state index contributed by atoms with van der Waals surface area (Å²) < 4.78 is 27.3. The van der Waals surface area contributed by atoms with E-state index < -0.39 is 10.0 Å². The number of hydrogen-bond acceptors (Lipinski definition) is 3. The number of nitrogens with one attached hydrogen (secondary N) is 1. The van der Waals surface area contributed by atoms with E-state index in [-0.39, 0.29) is 11.2 Å². The van der Waals surface area contributed by atoms with E-state index >= 15 is 0 Å². The molecule has 1 N–H and O–H groups in total. The number of nitrogens with zero attached hydrogens (tertiary/aromatic N) is 1. The Labute approximate surface area is 131 Å². The van der Waals surface area contributed by atoms with Gasteiger partial charge < -0.3 is 4.90 Å². The summed E-state index contributed by atoms with van der Waals surface area (Å²) in [6.45, 7) is 1.58. The predicted molar refractivity (Wildman–Crippen MR) is 86.4 cm³/mol. The molecule has 1 aliphatic heterocycles.